The fourth-order valence-corrected chi connectivity index (χ4v) is 1.68. The number of ether oxygens (including phenoxy) is 2. The van der Waals surface area contributed by atoms with Crippen molar-refractivity contribution >= 4 is 11.9 Å². The maximum absolute atomic E-state index is 11.5. The second kappa shape index (κ2) is 6.51. The zero-order valence-corrected chi connectivity index (χ0v) is 10.0. The van der Waals surface area contributed by atoms with E-state index < -0.39 is 0 Å². The highest BCUT2D eigenvalue weighted by molar-refractivity contribution is 5.83. The van der Waals surface area contributed by atoms with Gasteiger partial charge in [-0.2, -0.15) is 0 Å². The van der Waals surface area contributed by atoms with Gasteiger partial charge in [-0.15, -0.1) is 0 Å². The standard InChI is InChI=1S/C12H20O4/c1-3-7-15-11(13)9-5-6-10(9)12(14)16-8-4-2/h9-10H,3-8H2,1-2H3. The van der Waals surface area contributed by atoms with Gasteiger partial charge >= 0.3 is 11.9 Å². The first-order valence-electron chi connectivity index (χ1n) is 6.04. The maximum Gasteiger partial charge on any atom is 0.309 e. The monoisotopic (exact) mass is 228 g/mol. The predicted octanol–water partition coefficient (Wildman–Crippen LogP) is 1.92. The molecule has 1 rings (SSSR count). The summed E-state index contributed by atoms with van der Waals surface area (Å²) >= 11 is 0. The van der Waals surface area contributed by atoms with Gasteiger partial charge in [-0.3, -0.25) is 9.59 Å². The molecule has 0 radical (unpaired) electrons. The molecular weight excluding hydrogens is 208 g/mol. The number of hydrogen-bond donors (Lipinski definition) is 0. The van der Waals surface area contributed by atoms with E-state index >= 15 is 0 Å². The van der Waals surface area contributed by atoms with Crippen LogP contribution >= 0.6 is 0 Å². The largest absolute Gasteiger partial charge is 0.465 e. The van der Waals surface area contributed by atoms with Crippen molar-refractivity contribution in [3.63, 3.8) is 0 Å². The molecule has 16 heavy (non-hydrogen) atoms. The molecule has 0 bridgehead atoms. The minimum atomic E-state index is -0.268. The van der Waals surface area contributed by atoms with Gasteiger partial charge in [0.05, 0.1) is 25.0 Å². The van der Waals surface area contributed by atoms with Crippen LogP contribution < -0.4 is 0 Å². The van der Waals surface area contributed by atoms with Gasteiger partial charge in [0.25, 0.3) is 0 Å². The Morgan fingerprint density at radius 1 is 0.938 bits per heavy atom. The minimum Gasteiger partial charge on any atom is -0.465 e. The number of esters is 2. The summed E-state index contributed by atoms with van der Waals surface area (Å²) in [4.78, 5) is 23.1. The molecule has 1 aliphatic carbocycles. The van der Waals surface area contributed by atoms with Crippen molar-refractivity contribution in [1.29, 1.82) is 0 Å². The first-order chi connectivity index (χ1) is 7.70. The van der Waals surface area contributed by atoms with Crippen molar-refractivity contribution in [1.82, 2.24) is 0 Å². The fourth-order valence-electron chi connectivity index (χ4n) is 1.68. The molecule has 1 aliphatic rings. The minimum absolute atomic E-state index is 0.244. The third-order valence-electron chi connectivity index (χ3n) is 2.78. The van der Waals surface area contributed by atoms with E-state index in [1.54, 1.807) is 0 Å². The third-order valence-corrected chi connectivity index (χ3v) is 2.78. The van der Waals surface area contributed by atoms with Crippen LogP contribution in [0.3, 0.4) is 0 Å². The van der Waals surface area contributed by atoms with Gasteiger partial charge in [-0.05, 0) is 25.7 Å². The zero-order chi connectivity index (χ0) is 12.0. The molecule has 4 nitrogen and oxygen atoms in total. The van der Waals surface area contributed by atoms with Crippen LogP contribution in [0.2, 0.25) is 0 Å². The van der Waals surface area contributed by atoms with Crippen molar-refractivity contribution in [3.05, 3.63) is 0 Å². The molecule has 0 saturated heterocycles. The van der Waals surface area contributed by atoms with E-state index in [0.717, 1.165) is 25.7 Å². The zero-order valence-electron chi connectivity index (χ0n) is 10.0. The van der Waals surface area contributed by atoms with E-state index in [2.05, 4.69) is 0 Å². The lowest BCUT2D eigenvalue weighted by Crippen LogP contribution is -2.40. The Bertz CT molecular complexity index is 223. The Balaban J connectivity index is 2.33. The van der Waals surface area contributed by atoms with Crippen LogP contribution in [0, 0.1) is 11.8 Å². The quantitative estimate of drug-likeness (QED) is 0.652. The van der Waals surface area contributed by atoms with E-state index in [1.807, 2.05) is 13.8 Å². The van der Waals surface area contributed by atoms with Crippen molar-refractivity contribution in [2.75, 3.05) is 13.2 Å². The van der Waals surface area contributed by atoms with E-state index in [0.29, 0.717) is 13.2 Å². The van der Waals surface area contributed by atoms with E-state index in [-0.39, 0.29) is 23.8 Å². The summed E-state index contributed by atoms with van der Waals surface area (Å²) in [7, 11) is 0. The maximum atomic E-state index is 11.5. The average molecular weight is 228 g/mol. The second-order valence-electron chi connectivity index (χ2n) is 4.13. The topological polar surface area (TPSA) is 52.6 Å². The average Bonchev–Trinajstić information content (AvgIpc) is 2.21. The first kappa shape index (κ1) is 13.0. The molecule has 4 heteroatoms. The summed E-state index contributed by atoms with van der Waals surface area (Å²) in [5, 5.41) is 0. The Kier molecular flexibility index (Phi) is 5.29. The Morgan fingerprint density at radius 3 is 1.56 bits per heavy atom. The van der Waals surface area contributed by atoms with Gasteiger partial charge in [0, 0.05) is 0 Å². The number of rotatable bonds is 6. The Labute approximate surface area is 96.3 Å². The van der Waals surface area contributed by atoms with E-state index in [9.17, 15) is 9.59 Å². The van der Waals surface area contributed by atoms with E-state index in [4.69, 9.17) is 9.47 Å². The molecule has 1 fully saturated rings. The molecule has 0 aromatic rings. The van der Waals surface area contributed by atoms with Gasteiger partial charge in [0.2, 0.25) is 0 Å². The summed E-state index contributed by atoms with van der Waals surface area (Å²) < 4.78 is 10.1. The van der Waals surface area contributed by atoms with Crippen LogP contribution in [0.4, 0.5) is 0 Å². The van der Waals surface area contributed by atoms with Crippen molar-refractivity contribution < 1.29 is 19.1 Å². The van der Waals surface area contributed by atoms with Crippen molar-refractivity contribution in [2.45, 2.75) is 39.5 Å². The molecule has 2 unspecified atom stereocenters. The molecule has 0 amide bonds. The highest BCUT2D eigenvalue weighted by Crippen LogP contribution is 2.36. The molecule has 2 atom stereocenters. The summed E-state index contributed by atoms with van der Waals surface area (Å²) in [5.74, 6) is -1.02. The van der Waals surface area contributed by atoms with Crippen LogP contribution in [0.15, 0.2) is 0 Å². The lowest BCUT2D eigenvalue weighted by Gasteiger charge is -2.32. The molecule has 0 heterocycles. The van der Waals surface area contributed by atoms with Gasteiger partial charge < -0.3 is 9.47 Å². The predicted molar refractivity (Wildman–Crippen MR) is 58.7 cm³/mol. The van der Waals surface area contributed by atoms with Crippen LogP contribution in [-0.2, 0) is 19.1 Å². The van der Waals surface area contributed by atoms with Crippen LogP contribution in [0.5, 0.6) is 0 Å². The Hall–Kier alpha value is -1.06. The van der Waals surface area contributed by atoms with Gasteiger partial charge in [0.15, 0.2) is 0 Å². The molecule has 0 spiro atoms. The third kappa shape index (κ3) is 3.22. The molecule has 1 saturated carbocycles. The second-order valence-corrected chi connectivity index (χ2v) is 4.13. The van der Waals surface area contributed by atoms with Crippen LogP contribution in [0.1, 0.15) is 39.5 Å². The molecule has 0 aliphatic heterocycles. The van der Waals surface area contributed by atoms with E-state index in [1.165, 1.54) is 0 Å². The van der Waals surface area contributed by atoms with Gasteiger partial charge in [-0.1, -0.05) is 13.8 Å². The lowest BCUT2D eigenvalue weighted by molar-refractivity contribution is -0.167. The van der Waals surface area contributed by atoms with Crippen LogP contribution in [0.25, 0.3) is 0 Å². The number of hydrogen-bond acceptors (Lipinski definition) is 4. The van der Waals surface area contributed by atoms with Gasteiger partial charge in [0.1, 0.15) is 0 Å². The normalized spacial score (nSPS) is 23.4. The lowest BCUT2D eigenvalue weighted by atomic mass is 9.73. The SMILES string of the molecule is CCCOC(=O)C1CCC1C(=O)OCCC. The Morgan fingerprint density at radius 2 is 1.31 bits per heavy atom. The molecular formula is C12H20O4. The fraction of sp³-hybridized carbons (Fsp3) is 0.833. The summed E-state index contributed by atoms with van der Waals surface area (Å²) in [6.45, 7) is 4.76. The molecule has 92 valence electrons. The number of carbonyl (C=O) groups is 2. The van der Waals surface area contributed by atoms with Crippen molar-refractivity contribution in [3.8, 4) is 0 Å². The highest BCUT2D eigenvalue weighted by Gasteiger charge is 2.43. The van der Waals surface area contributed by atoms with Crippen molar-refractivity contribution in [2.24, 2.45) is 11.8 Å². The first-order valence-corrected chi connectivity index (χ1v) is 6.04. The van der Waals surface area contributed by atoms with Gasteiger partial charge in [-0.25, -0.2) is 0 Å². The van der Waals surface area contributed by atoms with Crippen LogP contribution in [-0.4, -0.2) is 25.2 Å². The highest BCUT2D eigenvalue weighted by atomic mass is 16.5. The molecule has 0 N–H and O–H groups in total. The molecule has 0 aromatic carbocycles. The summed E-state index contributed by atoms with van der Waals surface area (Å²) in [5.41, 5.74) is 0. The number of carbonyl (C=O) groups excluding carboxylic acids is 2. The summed E-state index contributed by atoms with van der Waals surface area (Å²) in [6.07, 6.45) is 3.11. The molecule has 0 aromatic heterocycles. The smallest absolute Gasteiger partial charge is 0.309 e. The summed E-state index contributed by atoms with van der Waals surface area (Å²) in [6, 6.07) is 0.